The van der Waals surface area contributed by atoms with E-state index in [1.807, 2.05) is 7.05 Å². The predicted octanol–water partition coefficient (Wildman–Crippen LogP) is 3.92. The first-order chi connectivity index (χ1) is 8.65. The van der Waals surface area contributed by atoms with Crippen molar-refractivity contribution < 1.29 is 0 Å². The average Bonchev–Trinajstić information content (AvgIpc) is 2.35. The fourth-order valence-electron chi connectivity index (χ4n) is 2.65. The van der Waals surface area contributed by atoms with Crippen LogP contribution in [0.5, 0.6) is 0 Å². The maximum absolute atomic E-state index is 3.46. The lowest BCUT2D eigenvalue weighted by molar-refractivity contribution is 0.679. The summed E-state index contributed by atoms with van der Waals surface area (Å²) in [7, 11) is 2.03. The lowest BCUT2D eigenvalue weighted by atomic mass is 9.89. The molecule has 0 fully saturated rings. The van der Waals surface area contributed by atoms with Crippen LogP contribution in [0.2, 0.25) is 0 Å². The van der Waals surface area contributed by atoms with Gasteiger partial charge in [-0.05, 0) is 55.6 Å². The van der Waals surface area contributed by atoms with Crippen LogP contribution >= 0.6 is 0 Å². The second-order valence-electron chi connectivity index (χ2n) is 4.88. The molecule has 0 aliphatic carbocycles. The van der Waals surface area contributed by atoms with Crippen molar-refractivity contribution >= 4 is 0 Å². The summed E-state index contributed by atoms with van der Waals surface area (Å²) in [5.74, 6) is 0. The molecular weight excluding hydrogens is 218 g/mol. The molecule has 0 amide bonds. The smallest absolute Gasteiger partial charge is 0.0582 e. The topological polar surface area (TPSA) is 12.0 Å². The van der Waals surface area contributed by atoms with Crippen LogP contribution < -0.4 is 5.32 Å². The van der Waals surface area contributed by atoms with Crippen LogP contribution in [-0.2, 0) is 0 Å². The average molecular weight is 239 g/mol. The zero-order chi connectivity index (χ0) is 13.1. The van der Waals surface area contributed by atoms with Crippen molar-refractivity contribution in [3.63, 3.8) is 0 Å². The van der Waals surface area contributed by atoms with Gasteiger partial charge in [0.05, 0.1) is 6.04 Å². The molecule has 1 atom stereocenters. The highest BCUT2D eigenvalue weighted by Gasteiger charge is 2.17. The first-order valence-electron chi connectivity index (χ1n) is 6.44. The molecule has 0 spiro atoms. The Morgan fingerprint density at radius 3 is 1.89 bits per heavy atom. The zero-order valence-corrected chi connectivity index (χ0v) is 11.6. The predicted molar refractivity (Wildman–Crippen MR) is 78.0 cm³/mol. The van der Waals surface area contributed by atoms with Gasteiger partial charge in [-0.1, -0.05) is 42.5 Å². The Labute approximate surface area is 110 Å². The Bertz CT molecular complexity index is 523. The van der Waals surface area contributed by atoms with Gasteiger partial charge < -0.3 is 5.32 Å². The minimum Gasteiger partial charge on any atom is -0.309 e. The second kappa shape index (κ2) is 5.36. The lowest BCUT2D eigenvalue weighted by Crippen LogP contribution is -2.20. The molecule has 0 aliphatic heterocycles. The van der Waals surface area contributed by atoms with Crippen LogP contribution in [0.3, 0.4) is 0 Å². The number of benzene rings is 2. The van der Waals surface area contributed by atoms with E-state index in [2.05, 4.69) is 68.6 Å². The number of rotatable bonds is 3. The monoisotopic (exact) mass is 239 g/mol. The highest BCUT2D eigenvalue weighted by atomic mass is 14.9. The molecule has 0 heterocycles. The van der Waals surface area contributed by atoms with Gasteiger partial charge in [-0.3, -0.25) is 0 Å². The summed E-state index contributed by atoms with van der Waals surface area (Å²) in [4.78, 5) is 0. The van der Waals surface area contributed by atoms with Crippen LogP contribution in [0.15, 0.2) is 42.5 Å². The quantitative estimate of drug-likeness (QED) is 0.856. The van der Waals surface area contributed by atoms with Gasteiger partial charge in [0, 0.05) is 0 Å². The summed E-state index contributed by atoms with van der Waals surface area (Å²) < 4.78 is 0. The fourth-order valence-corrected chi connectivity index (χ4v) is 2.65. The third-order valence-electron chi connectivity index (χ3n) is 3.62. The Morgan fingerprint density at radius 1 is 0.778 bits per heavy atom. The molecule has 1 nitrogen and oxygen atoms in total. The van der Waals surface area contributed by atoms with Gasteiger partial charge in [-0.15, -0.1) is 0 Å². The minimum absolute atomic E-state index is 0.271. The zero-order valence-electron chi connectivity index (χ0n) is 11.6. The van der Waals surface area contributed by atoms with Gasteiger partial charge >= 0.3 is 0 Å². The summed E-state index contributed by atoms with van der Waals surface area (Å²) >= 11 is 0. The molecule has 2 aromatic rings. The van der Waals surface area contributed by atoms with Gasteiger partial charge in [0.1, 0.15) is 0 Å². The van der Waals surface area contributed by atoms with Crippen LogP contribution in [0.1, 0.15) is 33.9 Å². The van der Waals surface area contributed by atoms with Gasteiger partial charge in [-0.2, -0.15) is 0 Å². The Hall–Kier alpha value is -1.60. The molecular formula is C17H21N. The van der Waals surface area contributed by atoms with E-state index in [4.69, 9.17) is 0 Å². The van der Waals surface area contributed by atoms with Crippen LogP contribution in [-0.4, -0.2) is 7.05 Å². The van der Waals surface area contributed by atoms with E-state index in [1.54, 1.807) is 0 Å². The normalized spacial score (nSPS) is 12.4. The van der Waals surface area contributed by atoms with Gasteiger partial charge in [-0.25, -0.2) is 0 Å². The summed E-state index contributed by atoms with van der Waals surface area (Å²) in [6, 6.07) is 15.4. The van der Waals surface area contributed by atoms with E-state index in [0.29, 0.717) is 0 Å². The molecule has 0 aromatic heterocycles. The summed E-state index contributed by atoms with van der Waals surface area (Å²) in [6.07, 6.45) is 0. The van der Waals surface area contributed by atoms with Gasteiger partial charge in [0.25, 0.3) is 0 Å². The first-order valence-corrected chi connectivity index (χ1v) is 6.44. The maximum atomic E-state index is 3.46. The van der Waals surface area contributed by atoms with E-state index >= 15 is 0 Å². The Morgan fingerprint density at radius 2 is 1.33 bits per heavy atom. The van der Waals surface area contributed by atoms with Crippen LogP contribution in [0, 0.1) is 20.8 Å². The largest absolute Gasteiger partial charge is 0.309 e. The molecule has 2 aromatic carbocycles. The second-order valence-corrected chi connectivity index (χ2v) is 4.88. The highest BCUT2D eigenvalue weighted by Crippen LogP contribution is 2.29. The molecule has 0 saturated heterocycles. The Balaban J connectivity index is 2.56. The van der Waals surface area contributed by atoms with E-state index in [1.165, 1.54) is 27.8 Å². The molecule has 0 bridgehead atoms. The van der Waals surface area contributed by atoms with E-state index in [0.717, 1.165) is 0 Å². The molecule has 94 valence electrons. The molecule has 2 rings (SSSR count). The van der Waals surface area contributed by atoms with Crippen molar-refractivity contribution in [1.82, 2.24) is 5.32 Å². The standard InChI is InChI=1S/C17H21N/c1-12-8-5-6-11-15(12)17(18-4)16-13(2)9-7-10-14(16)3/h5-11,17-18H,1-4H3. The molecule has 0 saturated carbocycles. The fraction of sp³-hybridized carbons (Fsp3) is 0.294. The van der Waals surface area contributed by atoms with E-state index in [9.17, 15) is 0 Å². The van der Waals surface area contributed by atoms with Crippen molar-refractivity contribution in [2.75, 3.05) is 7.05 Å². The lowest BCUT2D eigenvalue weighted by Gasteiger charge is -2.23. The highest BCUT2D eigenvalue weighted by molar-refractivity contribution is 5.44. The number of aryl methyl sites for hydroxylation is 3. The summed E-state index contributed by atoms with van der Waals surface area (Å²) in [6.45, 7) is 6.54. The molecule has 18 heavy (non-hydrogen) atoms. The maximum Gasteiger partial charge on any atom is 0.0582 e. The minimum atomic E-state index is 0.271. The molecule has 0 radical (unpaired) electrons. The van der Waals surface area contributed by atoms with Crippen molar-refractivity contribution in [2.24, 2.45) is 0 Å². The summed E-state index contributed by atoms with van der Waals surface area (Å²) in [5, 5.41) is 3.46. The third-order valence-corrected chi connectivity index (χ3v) is 3.62. The van der Waals surface area contributed by atoms with Crippen molar-refractivity contribution in [3.8, 4) is 0 Å². The third kappa shape index (κ3) is 2.32. The summed E-state index contributed by atoms with van der Waals surface area (Å²) in [5.41, 5.74) is 6.78. The van der Waals surface area contributed by atoms with E-state index in [-0.39, 0.29) is 6.04 Å². The van der Waals surface area contributed by atoms with Crippen molar-refractivity contribution in [3.05, 3.63) is 70.3 Å². The van der Waals surface area contributed by atoms with Crippen molar-refractivity contribution in [2.45, 2.75) is 26.8 Å². The molecule has 1 heteroatoms. The van der Waals surface area contributed by atoms with Crippen LogP contribution in [0.4, 0.5) is 0 Å². The number of nitrogens with one attached hydrogen (secondary N) is 1. The molecule has 0 aliphatic rings. The first kappa shape index (κ1) is 12.8. The van der Waals surface area contributed by atoms with Crippen molar-refractivity contribution in [1.29, 1.82) is 0 Å². The SMILES string of the molecule is CNC(c1ccccc1C)c1c(C)cccc1C. The van der Waals surface area contributed by atoms with Gasteiger partial charge in [0.15, 0.2) is 0 Å². The van der Waals surface area contributed by atoms with E-state index < -0.39 is 0 Å². The van der Waals surface area contributed by atoms with Gasteiger partial charge in [0.2, 0.25) is 0 Å². The Kier molecular flexibility index (Phi) is 3.83. The number of hydrogen-bond acceptors (Lipinski definition) is 1. The molecule has 1 unspecified atom stereocenters. The van der Waals surface area contributed by atoms with Crippen LogP contribution in [0.25, 0.3) is 0 Å². The number of hydrogen-bond donors (Lipinski definition) is 1. The molecule has 1 N–H and O–H groups in total.